The Labute approximate surface area is 150 Å². The van der Waals surface area contributed by atoms with Crippen molar-refractivity contribution in [3.63, 3.8) is 0 Å². The summed E-state index contributed by atoms with van der Waals surface area (Å²) in [6.07, 6.45) is 4.24. The number of benzene rings is 2. The lowest BCUT2D eigenvalue weighted by Gasteiger charge is -2.05. The molecule has 4 aromatic rings. The third kappa shape index (κ3) is 2.73. The molecule has 26 heavy (non-hydrogen) atoms. The minimum Gasteiger partial charge on any atom is -0.321 e. The third-order valence-corrected chi connectivity index (χ3v) is 4.89. The number of fused-ring (bicyclic) bond motifs is 2. The lowest BCUT2D eigenvalue weighted by atomic mass is 10.2. The summed E-state index contributed by atoms with van der Waals surface area (Å²) in [7, 11) is 0. The van der Waals surface area contributed by atoms with Crippen LogP contribution in [0.5, 0.6) is 0 Å². The quantitative estimate of drug-likeness (QED) is 0.603. The van der Waals surface area contributed by atoms with Gasteiger partial charge in [-0.25, -0.2) is 4.98 Å². The van der Waals surface area contributed by atoms with Crippen molar-refractivity contribution in [2.24, 2.45) is 5.92 Å². The molecule has 0 aliphatic heterocycles. The predicted molar refractivity (Wildman–Crippen MR) is 101 cm³/mol. The maximum absolute atomic E-state index is 12.6. The molecule has 1 amide bonds. The van der Waals surface area contributed by atoms with Gasteiger partial charge in [-0.3, -0.25) is 9.48 Å². The van der Waals surface area contributed by atoms with Gasteiger partial charge in [-0.1, -0.05) is 24.3 Å². The Balaban J connectivity index is 1.41. The number of carbonyl (C=O) groups is 1. The van der Waals surface area contributed by atoms with Crippen molar-refractivity contribution in [1.29, 1.82) is 0 Å². The lowest BCUT2D eigenvalue weighted by Crippen LogP contribution is -2.19. The van der Waals surface area contributed by atoms with Crippen LogP contribution in [0.15, 0.2) is 54.9 Å². The maximum atomic E-state index is 12.6. The molecule has 1 fully saturated rings. The van der Waals surface area contributed by atoms with E-state index in [1.165, 1.54) is 12.8 Å². The van der Waals surface area contributed by atoms with Gasteiger partial charge in [0.05, 0.1) is 22.9 Å². The number of nitrogens with one attached hydrogen (secondary N) is 1. The highest BCUT2D eigenvalue weighted by Gasteiger charge is 2.24. The van der Waals surface area contributed by atoms with Gasteiger partial charge in [0.1, 0.15) is 6.54 Å². The second-order valence-electron chi connectivity index (χ2n) is 6.90. The Morgan fingerprint density at radius 3 is 2.69 bits per heavy atom. The molecule has 130 valence electrons. The third-order valence-electron chi connectivity index (χ3n) is 4.89. The van der Waals surface area contributed by atoms with Crippen molar-refractivity contribution in [2.75, 3.05) is 5.32 Å². The number of imidazole rings is 1. The first-order chi connectivity index (χ1) is 12.8. The van der Waals surface area contributed by atoms with Crippen LogP contribution in [0, 0.1) is 5.92 Å². The van der Waals surface area contributed by atoms with Gasteiger partial charge in [0.25, 0.3) is 0 Å². The van der Waals surface area contributed by atoms with Crippen molar-refractivity contribution in [1.82, 2.24) is 19.3 Å². The van der Waals surface area contributed by atoms with Crippen molar-refractivity contribution in [2.45, 2.75) is 25.9 Å². The highest BCUT2D eigenvalue weighted by molar-refractivity contribution is 6.00. The van der Waals surface area contributed by atoms with Gasteiger partial charge in [-0.2, -0.15) is 5.10 Å². The minimum atomic E-state index is -0.102. The number of amides is 1. The first-order valence-corrected chi connectivity index (χ1v) is 8.93. The van der Waals surface area contributed by atoms with Gasteiger partial charge < -0.3 is 9.88 Å². The maximum Gasteiger partial charge on any atom is 0.245 e. The highest BCUT2D eigenvalue weighted by atomic mass is 16.2. The van der Waals surface area contributed by atoms with E-state index in [1.54, 1.807) is 6.33 Å². The van der Waals surface area contributed by atoms with Crippen LogP contribution >= 0.6 is 0 Å². The first kappa shape index (κ1) is 15.1. The highest BCUT2D eigenvalue weighted by Crippen LogP contribution is 2.32. The largest absolute Gasteiger partial charge is 0.321 e. The van der Waals surface area contributed by atoms with Crippen LogP contribution < -0.4 is 5.32 Å². The van der Waals surface area contributed by atoms with Gasteiger partial charge in [0, 0.05) is 11.9 Å². The Hall–Kier alpha value is -3.15. The monoisotopic (exact) mass is 345 g/mol. The number of hydrogen-bond donors (Lipinski definition) is 1. The van der Waals surface area contributed by atoms with E-state index < -0.39 is 0 Å². The zero-order valence-corrected chi connectivity index (χ0v) is 14.3. The Kier molecular flexibility index (Phi) is 3.48. The van der Waals surface area contributed by atoms with Crippen molar-refractivity contribution in [3.8, 4) is 0 Å². The van der Waals surface area contributed by atoms with Crippen LogP contribution in [0.25, 0.3) is 21.9 Å². The SMILES string of the molecule is O=C(Cn1cnc2ccccc21)Nc1nn(CC2CC2)c2ccccc12. The van der Waals surface area contributed by atoms with E-state index in [0.29, 0.717) is 5.82 Å². The molecule has 2 aromatic carbocycles. The molecule has 0 radical (unpaired) electrons. The molecule has 0 atom stereocenters. The van der Waals surface area contributed by atoms with Gasteiger partial charge >= 0.3 is 0 Å². The van der Waals surface area contributed by atoms with Crippen LogP contribution in [0.2, 0.25) is 0 Å². The molecule has 6 heteroatoms. The van der Waals surface area contributed by atoms with Crippen molar-refractivity contribution >= 4 is 33.7 Å². The van der Waals surface area contributed by atoms with Gasteiger partial charge in [0.2, 0.25) is 5.91 Å². The number of carbonyl (C=O) groups excluding carboxylic acids is 1. The molecule has 5 rings (SSSR count). The summed E-state index contributed by atoms with van der Waals surface area (Å²) in [5.74, 6) is 1.25. The Bertz CT molecular complexity index is 1110. The molecule has 1 saturated carbocycles. The zero-order valence-electron chi connectivity index (χ0n) is 14.3. The summed E-state index contributed by atoms with van der Waals surface area (Å²) >= 11 is 0. The number of anilines is 1. The zero-order chi connectivity index (χ0) is 17.5. The fourth-order valence-corrected chi connectivity index (χ4v) is 3.37. The van der Waals surface area contributed by atoms with Crippen molar-refractivity contribution < 1.29 is 4.79 Å². The van der Waals surface area contributed by atoms with Crippen LogP contribution in [0.4, 0.5) is 5.82 Å². The number of para-hydroxylation sites is 3. The van der Waals surface area contributed by atoms with E-state index in [9.17, 15) is 4.79 Å². The fraction of sp³-hybridized carbons (Fsp3) is 0.250. The molecule has 1 aliphatic rings. The summed E-state index contributed by atoms with van der Waals surface area (Å²) in [5, 5.41) is 8.63. The van der Waals surface area contributed by atoms with E-state index in [2.05, 4.69) is 21.5 Å². The van der Waals surface area contributed by atoms with E-state index >= 15 is 0 Å². The van der Waals surface area contributed by atoms with E-state index in [1.807, 2.05) is 51.7 Å². The normalized spacial score (nSPS) is 14.2. The summed E-state index contributed by atoms with van der Waals surface area (Å²) in [6.45, 7) is 1.13. The molecule has 1 N–H and O–H groups in total. The summed E-state index contributed by atoms with van der Waals surface area (Å²) < 4.78 is 3.88. The minimum absolute atomic E-state index is 0.102. The molecule has 0 saturated heterocycles. The molecule has 1 aliphatic carbocycles. The molecule has 0 bridgehead atoms. The number of nitrogens with zero attached hydrogens (tertiary/aromatic N) is 4. The van der Waals surface area contributed by atoms with Crippen LogP contribution in [-0.4, -0.2) is 25.2 Å². The smallest absolute Gasteiger partial charge is 0.245 e. The standard InChI is InChI=1S/C20H19N5O/c26-19(12-24-13-21-16-6-2-4-8-18(16)24)22-20-15-5-1-3-7-17(15)25(23-20)11-14-9-10-14/h1-8,13-14H,9-12H2,(H,22,23,26). The second kappa shape index (κ2) is 5.98. The van der Waals surface area contributed by atoms with Gasteiger partial charge in [0.15, 0.2) is 5.82 Å². The van der Waals surface area contributed by atoms with Crippen molar-refractivity contribution in [3.05, 3.63) is 54.9 Å². The van der Waals surface area contributed by atoms with Gasteiger partial charge in [-0.05, 0) is 43.0 Å². The summed E-state index contributed by atoms with van der Waals surface area (Å²) in [4.78, 5) is 16.9. The van der Waals surface area contributed by atoms with E-state index in [-0.39, 0.29) is 12.5 Å². The molecule has 0 unspecified atom stereocenters. The molecular weight excluding hydrogens is 326 g/mol. The molecule has 2 heterocycles. The van der Waals surface area contributed by atoms with Crippen LogP contribution in [0.1, 0.15) is 12.8 Å². The average Bonchev–Trinajstić information content (AvgIpc) is 3.30. The Morgan fingerprint density at radius 2 is 1.85 bits per heavy atom. The number of rotatable bonds is 5. The lowest BCUT2D eigenvalue weighted by molar-refractivity contribution is -0.116. The first-order valence-electron chi connectivity index (χ1n) is 8.93. The topological polar surface area (TPSA) is 64.7 Å². The van der Waals surface area contributed by atoms with Crippen LogP contribution in [0.3, 0.4) is 0 Å². The molecule has 0 spiro atoms. The van der Waals surface area contributed by atoms with Gasteiger partial charge in [-0.15, -0.1) is 0 Å². The summed E-state index contributed by atoms with van der Waals surface area (Å²) in [6, 6.07) is 15.9. The average molecular weight is 345 g/mol. The summed E-state index contributed by atoms with van der Waals surface area (Å²) in [5.41, 5.74) is 2.91. The number of hydrogen-bond acceptors (Lipinski definition) is 3. The second-order valence-corrected chi connectivity index (χ2v) is 6.90. The predicted octanol–water partition coefficient (Wildman–Crippen LogP) is 3.43. The number of aromatic nitrogens is 4. The molecule has 2 aromatic heterocycles. The van der Waals surface area contributed by atoms with E-state index in [4.69, 9.17) is 0 Å². The molecule has 6 nitrogen and oxygen atoms in total. The Morgan fingerprint density at radius 1 is 1.08 bits per heavy atom. The van der Waals surface area contributed by atoms with Crippen LogP contribution in [-0.2, 0) is 17.9 Å². The fourth-order valence-electron chi connectivity index (χ4n) is 3.37. The molecular formula is C20H19N5O. The van der Waals surface area contributed by atoms with E-state index in [0.717, 1.165) is 34.4 Å².